The van der Waals surface area contributed by atoms with Crippen LogP contribution in [0.3, 0.4) is 0 Å². The average molecular weight is 733 g/mol. The molecule has 0 aliphatic heterocycles. The molecular weight excluding hydrogens is 697 g/mol. The summed E-state index contributed by atoms with van der Waals surface area (Å²) in [6.07, 6.45) is 9.87. The maximum Gasteiger partial charge on any atom is 0.167 e. The predicted octanol–water partition coefficient (Wildman–Crippen LogP) is 13.4. The first-order chi connectivity index (χ1) is 28.1. The Labute approximate surface area is 329 Å². The number of allylic oxidation sites excluding steroid dienone is 4. The van der Waals surface area contributed by atoms with E-state index in [4.69, 9.17) is 19.4 Å². The fraction of sp³-hybridized carbons (Fsp3) is 0.0577. The molecule has 7 aromatic carbocycles. The Morgan fingerprint density at radius 1 is 0.491 bits per heavy atom. The molecule has 1 aliphatic rings. The molecule has 0 amide bonds. The maximum absolute atomic E-state index is 6.67. The van der Waals surface area contributed by atoms with Crippen LogP contribution in [0.25, 0.3) is 100 Å². The molecule has 0 saturated carbocycles. The zero-order chi connectivity index (χ0) is 37.9. The SMILES string of the molecule is CC1(n2c3ccc(-c4ccc5oc6c(-c7nc(-c8ccccc8)nc(-c8ccccc8)n7)cccc6c5c4)cc3c3cccc(-c4ccccc4)c32)C=CC=CC1. The van der Waals surface area contributed by atoms with Gasteiger partial charge < -0.3 is 8.98 Å². The van der Waals surface area contributed by atoms with Crippen molar-refractivity contribution in [1.82, 2.24) is 19.5 Å². The van der Waals surface area contributed by atoms with Crippen molar-refractivity contribution in [2.45, 2.75) is 18.9 Å². The third-order valence-corrected chi connectivity index (χ3v) is 11.4. The lowest BCUT2D eigenvalue weighted by atomic mass is 9.92. The molecule has 3 heterocycles. The Hall–Kier alpha value is -7.37. The highest BCUT2D eigenvalue weighted by Crippen LogP contribution is 2.44. The fourth-order valence-electron chi connectivity index (χ4n) is 8.59. The van der Waals surface area contributed by atoms with Gasteiger partial charge in [-0.05, 0) is 60.4 Å². The topological polar surface area (TPSA) is 56.7 Å². The summed E-state index contributed by atoms with van der Waals surface area (Å²) in [5.74, 6) is 1.81. The van der Waals surface area contributed by atoms with E-state index in [9.17, 15) is 0 Å². The number of rotatable bonds is 6. The van der Waals surface area contributed by atoms with Crippen LogP contribution in [0.5, 0.6) is 0 Å². The van der Waals surface area contributed by atoms with Gasteiger partial charge in [0.25, 0.3) is 0 Å². The Balaban J connectivity index is 1.07. The van der Waals surface area contributed by atoms with E-state index in [1.165, 1.54) is 32.9 Å². The van der Waals surface area contributed by atoms with Crippen molar-refractivity contribution < 1.29 is 4.42 Å². The monoisotopic (exact) mass is 732 g/mol. The van der Waals surface area contributed by atoms with Gasteiger partial charge in [0.1, 0.15) is 11.2 Å². The van der Waals surface area contributed by atoms with Gasteiger partial charge in [0.15, 0.2) is 17.5 Å². The number of fused-ring (bicyclic) bond motifs is 6. The zero-order valence-corrected chi connectivity index (χ0v) is 31.3. The van der Waals surface area contributed by atoms with Gasteiger partial charge >= 0.3 is 0 Å². The molecule has 1 atom stereocenters. The lowest BCUT2D eigenvalue weighted by Crippen LogP contribution is -2.28. The van der Waals surface area contributed by atoms with Gasteiger partial charge in [-0.1, -0.05) is 158 Å². The van der Waals surface area contributed by atoms with Gasteiger partial charge in [-0.15, -0.1) is 0 Å². The highest BCUT2D eigenvalue weighted by molar-refractivity contribution is 6.15. The number of hydrogen-bond acceptors (Lipinski definition) is 4. The summed E-state index contributed by atoms with van der Waals surface area (Å²) >= 11 is 0. The smallest absolute Gasteiger partial charge is 0.167 e. The summed E-state index contributed by atoms with van der Waals surface area (Å²) in [7, 11) is 0. The fourth-order valence-corrected chi connectivity index (χ4v) is 8.59. The summed E-state index contributed by atoms with van der Waals surface area (Å²) in [4.78, 5) is 14.9. The molecule has 5 nitrogen and oxygen atoms in total. The van der Waals surface area contributed by atoms with Crippen molar-refractivity contribution in [3.05, 3.63) is 188 Å². The van der Waals surface area contributed by atoms with E-state index in [1.807, 2.05) is 66.7 Å². The third kappa shape index (κ3) is 5.50. The van der Waals surface area contributed by atoms with Gasteiger partial charge in [0.2, 0.25) is 0 Å². The van der Waals surface area contributed by atoms with Crippen LogP contribution >= 0.6 is 0 Å². The number of benzene rings is 7. The molecular formula is C52H36N4O. The molecule has 270 valence electrons. The maximum atomic E-state index is 6.67. The zero-order valence-electron chi connectivity index (χ0n) is 31.3. The van der Waals surface area contributed by atoms with Crippen LogP contribution in [0.15, 0.2) is 193 Å². The van der Waals surface area contributed by atoms with E-state index in [2.05, 4.69) is 133 Å². The molecule has 0 saturated heterocycles. The molecule has 3 aromatic heterocycles. The number of hydrogen-bond donors (Lipinski definition) is 0. The minimum Gasteiger partial charge on any atom is -0.455 e. The van der Waals surface area contributed by atoms with Gasteiger partial charge in [0, 0.05) is 43.8 Å². The Morgan fingerprint density at radius 2 is 1.09 bits per heavy atom. The third-order valence-electron chi connectivity index (χ3n) is 11.4. The van der Waals surface area contributed by atoms with E-state index < -0.39 is 0 Å². The molecule has 10 aromatic rings. The second kappa shape index (κ2) is 13.1. The molecule has 57 heavy (non-hydrogen) atoms. The summed E-state index contributed by atoms with van der Waals surface area (Å²) in [6.45, 7) is 2.34. The Bertz CT molecular complexity index is 3160. The van der Waals surface area contributed by atoms with Crippen LogP contribution in [-0.4, -0.2) is 19.5 Å². The standard InChI is InChI=1S/C52H36N4O/c1-52(30-12-5-13-31-52)56-45-28-26-37(32-43(45)40-23-14-22-39(47(40)56)34-16-6-2-7-17-34)38-27-29-46-44(33-38)41-24-15-25-42(48(41)57-46)51-54-49(35-18-8-3-9-19-35)53-50(55-51)36-20-10-4-11-21-36/h2-30,32-33H,31H2,1H3. The lowest BCUT2D eigenvalue weighted by molar-refractivity contribution is 0.438. The number of nitrogens with zero attached hydrogens (tertiary/aromatic N) is 4. The van der Waals surface area contributed by atoms with Crippen LogP contribution in [0, 0.1) is 0 Å². The van der Waals surface area contributed by atoms with Gasteiger partial charge in [-0.2, -0.15) is 0 Å². The molecule has 0 N–H and O–H groups in total. The van der Waals surface area contributed by atoms with Crippen LogP contribution < -0.4 is 0 Å². The van der Waals surface area contributed by atoms with Gasteiger partial charge in [-0.3, -0.25) is 0 Å². The number of para-hydroxylation sites is 2. The van der Waals surface area contributed by atoms with E-state index in [1.54, 1.807) is 0 Å². The second-order valence-electron chi connectivity index (χ2n) is 15.0. The quantitative estimate of drug-likeness (QED) is 0.171. The summed E-state index contributed by atoms with van der Waals surface area (Å²) in [5, 5.41) is 4.55. The van der Waals surface area contributed by atoms with Crippen molar-refractivity contribution in [2.24, 2.45) is 0 Å². The van der Waals surface area contributed by atoms with Gasteiger partial charge in [0.05, 0.1) is 16.6 Å². The number of furan rings is 1. The Kier molecular flexibility index (Phi) is 7.61. The molecule has 0 bridgehead atoms. The lowest BCUT2D eigenvalue weighted by Gasteiger charge is -2.31. The normalized spacial score (nSPS) is 15.3. The van der Waals surface area contributed by atoms with Gasteiger partial charge in [-0.25, -0.2) is 15.0 Å². The molecule has 5 heteroatoms. The predicted molar refractivity (Wildman–Crippen MR) is 234 cm³/mol. The summed E-state index contributed by atoms with van der Waals surface area (Å²) in [5.41, 5.74) is 11.3. The molecule has 1 aliphatic carbocycles. The molecule has 0 fully saturated rings. The first-order valence-corrected chi connectivity index (χ1v) is 19.4. The van der Waals surface area contributed by atoms with E-state index in [0.717, 1.165) is 56.2 Å². The van der Waals surface area contributed by atoms with Crippen molar-refractivity contribution in [3.63, 3.8) is 0 Å². The largest absolute Gasteiger partial charge is 0.455 e. The molecule has 11 rings (SSSR count). The van der Waals surface area contributed by atoms with Crippen molar-refractivity contribution in [3.8, 4) is 56.4 Å². The van der Waals surface area contributed by atoms with E-state index in [-0.39, 0.29) is 5.54 Å². The van der Waals surface area contributed by atoms with Crippen molar-refractivity contribution >= 4 is 43.7 Å². The average Bonchev–Trinajstić information content (AvgIpc) is 3.83. The van der Waals surface area contributed by atoms with Crippen LogP contribution in [0.2, 0.25) is 0 Å². The minimum atomic E-state index is -0.213. The van der Waals surface area contributed by atoms with Crippen molar-refractivity contribution in [1.29, 1.82) is 0 Å². The summed E-state index contributed by atoms with van der Waals surface area (Å²) in [6, 6.07) is 57.3. The second-order valence-corrected chi connectivity index (χ2v) is 15.0. The van der Waals surface area contributed by atoms with Crippen molar-refractivity contribution in [2.75, 3.05) is 0 Å². The van der Waals surface area contributed by atoms with Crippen LogP contribution in [0.1, 0.15) is 13.3 Å². The van der Waals surface area contributed by atoms with E-state index in [0.29, 0.717) is 17.5 Å². The number of aromatic nitrogens is 4. The molecule has 0 radical (unpaired) electrons. The van der Waals surface area contributed by atoms with E-state index >= 15 is 0 Å². The molecule has 0 spiro atoms. The highest BCUT2D eigenvalue weighted by atomic mass is 16.3. The first-order valence-electron chi connectivity index (χ1n) is 19.4. The highest BCUT2D eigenvalue weighted by Gasteiger charge is 2.29. The summed E-state index contributed by atoms with van der Waals surface area (Å²) < 4.78 is 9.23. The minimum absolute atomic E-state index is 0.213. The van der Waals surface area contributed by atoms with Crippen LogP contribution in [0.4, 0.5) is 0 Å². The molecule has 1 unspecified atom stereocenters. The Morgan fingerprint density at radius 3 is 1.75 bits per heavy atom. The van der Waals surface area contributed by atoms with Crippen LogP contribution in [-0.2, 0) is 5.54 Å². The first kappa shape index (κ1) is 33.0.